The number of carbonyl (C=O) groups is 1. The van der Waals surface area contributed by atoms with E-state index in [2.05, 4.69) is 9.72 Å². The molecule has 0 aliphatic rings. The molecule has 0 aliphatic heterocycles. The highest BCUT2D eigenvalue weighted by Crippen LogP contribution is 2.09. The van der Waals surface area contributed by atoms with E-state index in [9.17, 15) is 9.90 Å². The van der Waals surface area contributed by atoms with Gasteiger partial charge in [-0.25, -0.2) is 9.78 Å². The Morgan fingerprint density at radius 1 is 1.62 bits per heavy atom. The van der Waals surface area contributed by atoms with Crippen LogP contribution in [0.1, 0.15) is 29.2 Å². The number of aliphatic hydroxyl groups is 1. The molecule has 0 aromatic carbocycles. The maximum Gasteiger partial charge on any atom is 0.356 e. The smallest absolute Gasteiger partial charge is 0.356 e. The van der Waals surface area contributed by atoms with Gasteiger partial charge in [0.2, 0.25) is 0 Å². The number of esters is 1. The third kappa shape index (κ3) is 2.26. The van der Waals surface area contributed by atoms with Gasteiger partial charge < -0.3 is 9.84 Å². The van der Waals surface area contributed by atoms with Gasteiger partial charge in [-0.3, -0.25) is 0 Å². The van der Waals surface area contributed by atoms with Crippen LogP contribution in [0, 0.1) is 0 Å². The Hall–Kier alpha value is -1.42. The van der Waals surface area contributed by atoms with E-state index in [1.54, 1.807) is 19.1 Å². The molecule has 0 aliphatic carbocycles. The van der Waals surface area contributed by atoms with Crippen LogP contribution in [0.5, 0.6) is 0 Å². The summed E-state index contributed by atoms with van der Waals surface area (Å²) in [4.78, 5) is 14.9. The molecular weight excluding hydrogens is 170 g/mol. The Balaban J connectivity index is 2.98. The molecule has 0 amide bonds. The van der Waals surface area contributed by atoms with Crippen LogP contribution in [-0.4, -0.2) is 23.2 Å². The fraction of sp³-hybridized carbons (Fsp3) is 0.333. The molecule has 1 atom stereocenters. The summed E-state index contributed by atoms with van der Waals surface area (Å²) >= 11 is 0. The topological polar surface area (TPSA) is 59.4 Å². The van der Waals surface area contributed by atoms with Gasteiger partial charge in [-0.2, -0.15) is 0 Å². The number of pyridine rings is 1. The van der Waals surface area contributed by atoms with E-state index in [0.717, 1.165) is 0 Å². The Kier molecular flexibility index (Phi) is 2.97. The normalized spacial score (nSPS) is 12.2. The van der Waals surface area contributed by atoms with Crippen LogP contribution >= 0.6 is 0 Å². The molecule has 1 aromatic rings. The molecule has 1 aromatic heterocycles. The molecule has 0 radical (unpaired) electrons. The second-order valence-corrected chi connectivity index (χ2v) is 2.62. The van der Waals surface area contributed by atoms with E-state index >= 15 is 0 Å². The van der Waals surface area contributed by atoms with Crippen molar-refractivity contribution in [2.45, 2.75) is 13.0 Å². The zero-order valence-corrected chi connectivity index (χ0v) is 7.52. The summed E-state index contributed by atoms with van der Waals surface area (Å²) < 4.78 is 4.49. The van der Waals surface area contributed by atoms with E-state index in [0.29, 0.717) is 5.69 Å². The van der Waals surface area contributed by atoms with E-state index in [-0.39, 0.29) is 5.69 Å². The molecule has 0 unspecified atom stereocenters. The molecule has 0 fully saturated rings. The predicted molar refractivity (Wildman–Crippen MR) is 46.2 cm³/mol. The monoisotopic (exact) mass is 181 g/mol. The average molecular weight is 181 g/mol. The lowest BCUT2D eigenvalue weighted by molar-refractivity contribution is 0.0593. The van der Waals surface area contributed by atoms with Crippen molar-refractivity contribution in [2.24, 2.45) is 0 Å². The van der Waals surface area contributed by atoms with E-state index in [1.165, 1.54) is 13.2 Å². The maximum atomic E-state index is 11.0. The van der Waals surface area contributed by atoms with Crippen molar-refractivity contribution in [2.75, 3.05) is 7.11 Å². The van der Waals surface area contributed by atoms with Gasteiger partial charge >= 0.3 is 5.97 Å². The standard InChI is InChI=1S/C9H11NO3/c1-6(11)7-4-3-5-8(10-7)9(12)13-2/h3-6,11H,1-2H3/t6-/m0/s1. The van der Waals surface area contributed by atoms with Crippen molar-refractivity contribution in [3.63, 3.8) is 0 Å². The fourth-order valence-corrected chi connectivity index (χ4v) is 0.902. The number of rotatable bonds is 2. The summed E-state index contributed by atoms with van der Waals surface area (Å²) in [6.45, 7) is 1.59. The second-order valence-electron chi connectivity index (χ2n) is 2.62. The minimum Gasteiger partial charge on any atom is -0.464 e. The summed E-state index contributed by atoms with van der Waals surface area (Å²) in [7, 11) is 1.29. The minimum atomic E-state index is -0.676. The summed E-state index contributed by atoms with van der Waals surface area (Å²) in [5.41, 5.74) is 0.670. The third-order valence-electron chi connectivity index (χ3n) is 1.59. The number of methoxy groups -OCH3 is 1. The molecule has 4 nitrogen and oxygen atoms in total. The first-order valence-electron chi connectivity index (χ1n) is 3.88. The van der Waals surface area contributed by atoms with Crippen molar-refractivity contribution in [3.8, 4) is 0 Å². The molecule has 13 heavy (non-hydrogen) atoms. The van der Waals surface area contributed by atoms with Gasteiger partial charge in [-0.15, -0.1) is 0 Å². The summed E-state index contributed by atoms with van der Waals surface area (Å²) in [6, 6.07) is 4.84. The van der Waals surface area contributed by atoms with Crippen molar-refractivity contribution in [3.05, 3.63) is 29.6 Å². The zero-order chi connectivity index (χ0) is 9.84. The fourth-order valence-electron chi connectivity index (χ4n) is 0.902. The van der Waals surface area contributed by atoms with Crippen LogP contribution in [-0.2, 0) is 4.74 Å². The number of carbonyl (C=O) groups excluding carboxylic acids is 1. The maximum absolute atomic E-state index is 11.0. The largest absolute Gasteiger partial charge is 0.464 e. The Labute approximate surface area is 76.2 Å². The lowest BCUT2D eigenvalue weighted by Crippen LogP contribution is -2.06. The first kappa shape index (κ1) is 9.67. The van der Waals surface area contributed by atoms with Crippen LogP contribution in [0.2, 0.25) is 0 Å². The quantitative estimate of drug-likeness (QED) is 0.689. The van der Waals surface area contributed by atoms with Crippen LogP contribution in [0.25, 0.3) is 0 Å². The van der Waals surface area contributed by atoms with Crippen LogP contribution in [0.15, 0.2) is 18.2 Å². The molecule has 0 bridgehead atoms. The Morgan fingerprint density at radius 3 is 2.85 bits per heavy atom. The second kappa shape index (κ2) is 4.00. The molecule has 0 spiro atoms. The summed E-state index contributed by atoms with van der Waals surface area (Å²) in [5.74, 6) is -0.498. The number of aromatic nitrogens is 1. The molecule has 1 heterocycles. The molecule has 1 rings (SSSR count). The Morgan fingerprint density at radius 2 is 2.31 bits per heavy atom. The van der Waals surface area contributed by atoms with Crippen LogP contribution in [0.4, 0.5) is 0 Å². The molecule has 4 heteroatoms. The van der Waals surface area contributed by atoms with Crippen LogP contribution in [0.3, 0.4) is 0 Å². The van der Waals surface area contributed by atoms with Crippen molar-refractivity contribution in [1.29, 1.82) is 0 Å². The van der Waals surface area contributed by atoms with E-state index < -0.39 is 12.1 Å². The number of ether oxygens (including phenoxy) is 1. The summed E-state index contributed by atoms with van der Waals surface area (Å²) in [6.07, 6.45) is -0.676. The van der Waals surface area contributed by atoms with Gasteiger partial charge in [-0.1, -0.05) is 6.07 Å². The van der Waals surface area contributed by atoms with Gasteiger partial charge in [0.1, 0.15) is 5.69 Å². The highest BCUT2D eigenvalue weighted by atomic mass is 16.5. The van der Waals surface area contributed by atoms with Gasteiger partial charge in [0.15, 0.2) is 0 Å². The molecular formula is C9H11NO3. The van der Waals surface area contributed by atoms with Gasteiger partial charge in [0, 0.05) is 0 Å². The Bertz CT molecular complexity index is 309. The number of hydrogen-bond acceptors (Lipinski definition) is 4. The SMILES string of the molecule is COC(=O)c1cccc([C@H](C)O)n1. The first-order chi connectivity index (χ1) is 6.15. The van der Waals surface area contributed by atoms with Crippen molar-refractivity contribution >= 4 is 5.97 Å². The number of nitrogens with zero attached hydrogens (tertiary/aromatic N) is 1. The predicted octanol–water partition coefficient (Wildman–Crippen LogP) is 0.921. The highest BCUT2D eigenvalue weighted by molar-refractivity contribution is 5.87. The van der Waals surface area contributed by atoms with Crippen LogP contribution < -0.4 is 0 Å². The average Bonchev–Trinajstić information content (AvgIpc) is 2.17. The van der Waals surface area contributed by atoms with Crippen molar-refractivity contribution in [1.82, 2.24) is 4.98 Å². The first-order valence-corrected chi connectivity index (χ1v) is 3.88. The zero-order valence-electron chi connectivity index (χ0n) is 7.52. The molecule has 70 valence electrons. The summed E-state index contributed by atoms with van der Waals surface area (Å²) in [5, 5.41) is 9.19. The van der Waals surface area contributed by atoms with E-state index in [1.807, 2.05) is 0 Å². The minimum absolute atomic E-state index is 0.209. The van der Waals surface area contributed by atoms with Gasteiger partial charge in [0.05, 0.1) is 18.9 Å². The lowest BCUT2D eigenvalue weighted by Gasteiger charge is -2.04. The van der Waals surface area contributed by atoms with Gasteiger partial charge in [0.25, 0.3) is 0 Å². The molecule has 0 saturated heterocycles. The number of aliphatic hydroxyl groups excluding tert-OH is 1. The lowest BCUT2D eigenvalue weighted by atomic mass is 10.2. The molecule has 1 N–H and O–H groups in total. The van der Waals surface area contributed by atoms with Crippen molar-refractivity contribution < 1.29 is 14.6 Å². The highest BCUT2D eigenvalue weighted by Gasteiger charge is 2.09. The van der Waals surface area contributed by atoms with E-state index in [4.69, 9.17) is 0 Å². The molecule has 0 saturated carbocycles. The number of hydrogen-bond donors (Lipinski definition) is 1. The van der Waals surface area contributed by atoms with Gasteiger partial charge in [-0.05, 0) is 19.1 Å². The third-order valence-corrected chi connectivity index (χ3v) is 1.59.